The first-order valence-electron chi connectivity index (χ1n) is 12.0. The van der Waals surface area contributed by atoms with Gasteiger partial charge in [0.25, 0.3) is 0 Å². The Balaban J connectivity index is 1.26. The largest absolute Gasteiger partial charge is 0.489 e. The van der Waals surface area contributed by atoms with Gasteiger partial charge in [0.05, 0.1) is 47.3 Å². The Kier molecular flexibility index (Phi) is 4.99. The summed E-state index contributed by atoms with van der Waals surface area (Å²) in [4.78, 5) is 17.2. The highest BCUT2D eigenvalue weighted by Crippen LogP contribution is 2.34. The third-order valence-corrected chi connectivity index (χ3v) is 6.64. The van der Waals surface area contributed by atoms with Gasteiger partial charge in [0, 0.05) is 34.5 Å². The van der Waals surface area contributed by atoms with E-state index in [2.05, 4.69) is 36.5 Å². The van der Waals surface area contributed by atoms with Gasteiger partial charge in [-0.3, -0.25) is 15.1 Å². The molecule has 0 amide bonds. The van der Waals surface area contributed by atoms with Crippen LogP contribution in [0, 0.1) is 0 Å². The van der Waals surface area contributed by atoms with Crippen LogP contribution in [0.3, 0.4) is 0 Å². The van der Waals surface area contributed by atoms with Gasteiger partial charge in [-0.15, -0.1) is 0 Å². The van der Waals surface area contributed by atoms with Crippen molar-refractivity contribution in [1.82, 2.24) is 35.5 Å². The van der Waals surface area contributed by atoms with Gasteiger partial charge in [0.15, 0.2) is 0 Å². The number of aromatic nitrogens is 6. The first kappa shape index (κ1) is 20.8. The van der Waals surface area contributed by atoms with Crippen molar-refractivity contribution in [3.8, 4) is 39.5 Å². The number of rotatable bonds is 5. The summed E-state index contributed by atoms with van der Waals surface area (Å²) in [6.45, 7) is 1.96. The number of nitrogens with one attached hydrogen (secondary N) is 3. The van der Waals surface area contributed by atoms with E-state index >= 15 is 0 Å². The molecule has 0 aliphatic carbocycles. The van der Waals surface area contributed by atoms with Crippen LogP contribution in [0.4, 0.5) is 0 Å². The number of piperidine rings is 1. The van der Waals surface area contributed by atoms with Crippen molar-refractivity contribution in [2.24, 2.45) is 0 Å². The number of nitrogens with zero attached hydrogens (tertiary/aromatic N) is 4. The zero-order valence-electron chi connectivity index (χ0n) is 19.4. The lowest BCUT2D eigenvalue weighted by Crippen LogP contribution is -2.34. The predicted octanol–water partition coefficient (Wildman–Crippen LogP) is 4.95. The third kappa shape index (κ3) is 3.70. The number of pyridine rings is 3. The number of hydrogen-bond acceptors (Lipinski definition) is 7. The molecule has 1 aliphatic rings. The van der Waals surface area contributed by atoms with Crippen molar-refractivity contribution < 1.29 is 9.15 Å². The fraction of sp³-hybridized carbons (Fsp3) is 0.185. The van der Waals surface area contributed by atoms with E-state index in [1.54, 1.807) is 18.7 Å². The summed E-state index contributed by atoms with van der Waals surface area (Å²) in [6.07, 6.45) is 12.8. The Labute approximate surface area is 206 Å². The number of fused-ring (bicyclic) bond motifs is 2. The van der Waals surface area contributed by atoms with Crippen molar-refractivity contribution in [3.63, 3.8) is 0 Å². The number of aromatic amines is 2. The molecule has 1 fully saturated rings. The van der Waals surface area contributed by atoms with Crippen LogP contribution < -0.4 is 10.1 Å². The van der Waals surface area contributed by atoms with Crippen molar-refractivity contribution >= 4 is 21.9 Å². The second kappa shape index (κ2) is 8.62. The maximum Gasteiger partial charge on any atom is 0.138 e. The molecule has 7 heterocycles. The molecular weight excluding hydrogens is 454 g/mol. The molecule has 36 heavy (non-hydrogen) atoms. The van der Waals surface area contributed by atoms with Crippen LogP contribution in [0.25, 0.3) is 55.7 Å². The Bertz CT molecular complexity index is 1660. The molecule has 0 aromatic carbocycles. The molecule has 6 aromatic rings. The van der Waals surface area contributed by atoms with E-state index < -0.39 is 0 Å². The molecule has 0 spiro atoms. The molecule has 3 N–H and O–H groups in total. The van der Waals surface area contributed by atoms with E-state index in [0.29, 0.717) is 0 Å². The molecule has 6 aromatic heterocycles. The van der Waals surface area contributed by atoms with Gasteiger partial charge in [0.2, 0.25) is 0 Å². The average molecular weight is 478 g/mol. The van der Waals surface area contributed by atoms with E-state index in [9.17, 15) is 0 Å². The van der Waals surface area contributed by atoms with Crippen LogP contribution in [0.5, 0.6) is 5.75 Å². The summed E-state index contributed by atoms with van der Waals surface area (Å²) in [7, 11) is 0. The highest BCUT2D eigenvalue weighted by atomic mass is 16.5. The van der Waals surface area contributed by atoms with Gasteiger partial charge in [-0.1, -0.05) is 0 Å². The fourth-order valence-corrected chi connectivity index (χ4v) is 4.80. The summed E-state index contributed by atoms with van der Waals surface area (Å²) in [5.74, 6) is 0.767. The van der Waals surface area contributed by atoms with Gasteiger partial charge < -0.3 is 19.5 Å². The van der Waals surface area contributed by atoms with Gasteiger partial charge in [-0.25, -0.2) is 4.98 Å². The van der Waals surface area contributed by atoms with Crippen LogP contribution >= 0.6 is 0 Å². The number of H-pyrrole nitrogens is 2. The standard InChI is InChI=1S/C27H23N7O2/c1-2-23-26(32-22(1)17-9-19(12-29-11-17)36-18-3-6-28-7-4-18)27(34-33-23)24-10-20-21(16-5-8-35-15-16)13-30-14-25(20)31-24/h1-2,5,8-15,18,28,31H,3-4,6-7H2,(H,33,34). The minimum absolute atomic E-state index is 0.211. The predicted molar refractivity (Wildman–Crippen MR) is 136 cm³/mol. The summed E-state index contributed by atoms with van der Waals surface area (Å²) < 4.78 is 11.5. The molecule has 0 radical (unpaired) electrons. The van der Waals surface area contributed by atoms with Gasteiger partial charge in [0.1, 0.15) is 23.1 Å². The Morgan fingerprint density at radius 2 is 1.83 bits per heavy atom. The molecule has 1 saturated heterocycles. The fourth-order valence-electron chi connectivity index (χ4n) is 4.80. The smallest absolute Gasteiger partial charge is 0.138 e. The van der Waals surface area contributed by atoms with Crippen LogP contribution in [0.1, 0.15) is 12.8 Å². The molecule has 0 unspecified atom stereocenters. The molecular formula is C27H23N7O2. The minimum Gasteiger partial charge on any atom is -0.489 e. The highest BCUT2D eigenvalue weighted by molar-refractivity contribution is 5.99. The maximum absolute atomic E-state index is 6.19. The summed E-state index contributed by atoms with van der Waals surface area (Å²) in [6, 6.07) is 9.99. The molecule has 0 atom stereocenters. The maximum atomic E-state index is 6.19. The van der Waals surface area contributed by atoms with E-state index in [0.717, 1.165) is 87.4 Å². The first-order chi connectivity index (χ1) is 17.8. The Morgan fingerprint density at radius 1 is 0.917 bits per heavy atom. The van der Waals surface area contributed by atoms with Crippen LogP contribution in [-0.4, -0.2) is 49.3 Å². The highest BCUT2D eigenvalue weighted by Gasteiger charge is 2.17. The van der Waals surface area contributed by atoms with E-state index in [1.165, 1.54) is 0 Å². The van der Waals surface area contributed by atoms with Crippen molar-refractivity contribution in [2.45, 2.75) is 18.9 Å². The van der Waals surface area contributed by atoms with Crippen LogP contribution in [-0.2, 0) is 0 Å². The zero-order chi connectivity index (χ0) is 23.9. The summed E-state index contributed by atoms with van der Waals surface area (Å²) >= 11 is 0. The Hall–Kier alpha value is -4.50. The number of furan rings is 1. The molecule has 1 aliphatic heterocycles. The van der Waals surface area contributed by atoms with E-state index in [4.69, 9.17) is 14.1 Å². The molecule has 9 heteroatoms. The monoisotopic (exact) mass is 477 g/mol. The van der Waals surface area contributed by atoms with Crippen molar-refractivity contribution in [1.29, 1.82) is 0 Å². The van der Waals surface area contributed by atoms with Crippen molar-refractivity contribution in [3.05, 3.63) is 67.6 Å². The van der Waals surface area contributed by atoms with Crippen LogP contribution in [0.15, 0.2) is 72.1 Å². The zero-order valence-corrected chi connectivity index (χ0v) is 19.4. The molecule has 0 saturated carbocycles. The third-order valence-electron chi connectivity index (χ3n) is 6.64. The van der Waals surface area contributed by atoms with E-state index in [-0.39, 0.29) is 6.10 Å². The second-order valence-corrected chi connectivity index (χ2v) is 8.98. The van der Waals surface area contributed by atoms with Crippen LogP contribution in [0.2, 0.25) is 0 Å². The number of ether oxygens (including phenoxy) is 1. The second-order valence-electron chi connectivity index (χ2n) is 8.98. The van der Waals surface area contributed by atoms with Gasteiger partial charge >= 0.3 is 0 Å². The minimum atomic E-state index is 0.211. The Morgan fingerprint density at radius 3 is 2.72 bits per heavy atom. The molecule has 0 bridgehead atoms. The normalized spacial score (nSPS) is 14.6. The molecule has 178 valence electrons. The van der Waals surface area contributed by atoms with Gasteiger partial charge in [-0.2, -0.15) is 5.10 Å². The average Bonchev–Trinajstić information content (AvgIpc) is 3.68. The summed E-state index contributed by atoms with van der Waals surface area (Å²) in [5, 5.41) is 12.1. The summed E-state index contributed by atoms with van der Waals surface area (Å²) in [5.41, 5.74) is 7.85. The lowest BCUT2D eigenvalue weighted by Gasteiger charge is -2.23. The molecule has 9 nitrogen and oxygen atoms in total. The SMILES string of the molecule is c1cc(-c2cncc3[nH]c(-c4n[nH]c5ccc(-c6cncc(OC7CCNCC7)c6)nc45)cc23)co1. The lowest BCUT2D eigenvalue weighted by atomic mass is 10.1. The van der Waals surface area contributed by atoms with Gasteiger partial charge in [-0.05, 0) is 56.3 Å². The first-order valence-corrected chi connectivity index (χ1v) is 12.0. The quantitative estimate of drug-likeness (QED) is 0.321. The van der Waals surface area contributed by atoms with Crippen molar-refractivity contribution in [2.75, 3.05) is 13.1 Å². The number of hydrogen-bond donors (Lipinski definition) is 3. The topological polar surface area (TPSA) is 118 Å². The lowest BCUT2D eigenvalue weighted by molar-refractivity contribution is 0.162. The van der Waals surface area contributed by atoms with E-state index in [1.807, 2.05) is 42.9 Å². The molecule has 7 rings (SSSR count).